The number of fused-ring (bicyclic) bond motifs is 1. The zero-order valence-electron chi connectivity index (χ0n) is 11.7. The average molecular weight is 272 g/mol. The predicted octanol–water partition coefficient (Wildman–Crippen LogP) is 0.967. The van der Waals surface area contributed by atoms with Crippen molar-refractivity contribution < 1.29 is 0 Å². The van der Waals surface area contributed by atoms with E-state index in [1.807, 2.05) is 12.3 Å². The fourth-order valence-corrected chi connectivity index (χ4v) is 2.83. The lowest BCUT2D eigenvalue weighted by atomic mass is 9.97. The second-order valence-corrected chi connectivity index (χ2v) is 5.21. The van der Waals surface area contributed by atoms with Crippen LogP contribution in [0.1, 0.15) is 30.8 Å². The maximum Gasteiger partial charge on any atom is 0.147 e. The van der Waals surface area contributed by atoms with Crippen LogP contribution in [0.4, 0.5) is 0 Å². The summed E-state index contributed by atoms with van der Waals surface area (Å²) >= 11 is 0. The van der Waals surface area contributed by atoms with E-state index < -0.39 is 0 Å². The zero-order chi connectivity index (χ0) is 13.9. The summed E-state index contributed by atoms with van der Waals surface area (Å²) in [5.74, 6) is 1.01. The van der Waals surface area contributed by atoms with Crippen molar-refractivity contribution in [3.8, 4) is 0 Å². The normalized spacial score (nSPS) is 18.5. The average Bonchev–Trinajstić information content (AvgIpc) is 2.96. The van der Waals surface area contributed by atoms with E-state index in [0.717, 1.165) is 31.9 Å². The van der Waals surface area contributed by atoms with Gasteiger partial charge in [-0.25, -0.2) is 0 Å². The molecule has 3 heterocycles. The molecule has 0 aromatic carbocycles. The lowest BCUT2D eigenvalue weighted by Gasteiger charge is -2.37. The molecule has 106 valence electrons. The van der Waals surface area contributed by atoms with E-state index in [-0.39, 0.29) is 12.1 Å². The van der Waals surface area contributed by atoms with Crippen molar-refractivity contribution in [2.45, 2.75) is 38.5 Å². The van der Waals surface area contributed by atoms with Crippen LogP contribution in [0.3, 0.4) is 0 Å². The first-order valence-electron chi connectivity index (χ1n) is 7.06. The molecule has 3 rings (SSSR count). The quantitative estimate of drug-likeness (QED) is 0.897. The minimum absolute atomic E-state index is 0.0914. The molecule has 0 bridgehead atoms. The van der Waals surface area contributed by atoms with Crippen molar-refractivity contribution in [2.75, 3.05) is 6.54 Å². The van der Waals surface area contributed by atoms with Gasteiger partial charge in [-0.15, -0.1) is 10.2 Å². The summed E-state index contributed by atoms with van der Waals surface area (Å²) in [6.45, 7) is 4.78. The largest absolute Gasteiger partial charge is 0.326 e. The van der Waals surface area contributed by atoms with Gasteiger partial charge in [0.25, 0.3) is 0 Å². The molecule has 0 amide bonds. The highest BCUT2D eigenvalue weighted by atomic mass is 15.3. The van der Waals surface area contributed by atoms with Gasteiger partial charge in [0.15, 0.2) is 0 Å². The van der Waals surface area contributed by atoms with Crippen molar-refractivity contribution in [2.24, 2.45) is 5.73 Å². The van der Waals surface area contributed by atoms with Gasteiger partial charge >= 0.3 is 0 Å². The van der Waals surface area contributed by atoms with Crippen LogP contribution in [0.15, 0.2) is 30.9 Å². The van der Waals surface area contributed by atoms with E-state index in [4.69, 9.17) is 5.73 Å². The van der Waals surface area contributed by atoms with Crippen LogP contribution >= 0.6 is 0 Å². The Morgan fingerprint density at radius 3 is 3.05 bits per heavy atom. The van der Waals surface area contributed by atoms with Crippen LogP contribution in [0, 0.1) is 0 Å². The van der Waals surface area contributed by atoms with Crippen molar-refractivity contribution in [3.05, 3.63) is 42.2 Å². The van der Waals surface area contributed by atoms with Crippen molar-refractivity contribution in [3.63, 3.8) is 0 Å². The summed E-state index contributed by atoms with van der Waals surface area (Å²) in [6, 6.07) is 4.34. The Hall–Kier alpha value is -1.79. The Balaban J connectivity index is 1.87. The topological polar surface area (TPSA) is 72.9 Å². The molecule has 2 unspecified atom stereocenters. The third kappa shape index (κ3) is 2.44. The Bertz CT molecular complexity index is 552. The summed E-state index contributed by atoms with van der Waals surface area (Å²) in [6.07, 6.45) is 6.44. The number of hydrogen-bond donors (Lipinski definition) is 1. The van der Waals surface area contributed by atoms with E-state index in [9.17, 15) is 0 Å². The third-order valence-corrected chi connectivity index (χ3v) is 3.96. The SMILES string of the molecule is CCC(N)C(c1cccnc1)N1CCn2cnnc2C1. The molecule has 0 aliphatic carbocycles. The molecule has 0 saturated heterocycles. The lowest BCUT2D eigenvalue weighted by molar-refractivity contribution is 0.130. The minimum Gasteiger partial charge on any atom is -0.326 e. The molecule has 0 fully saturated rings. The highest BCUT2D eigenvalue weighted by Crippen LogP contribution is 2.27. The van der Waals surface area contributed by atoms with Gasteiger partial charge in [0.2, 0.25) is 0 Å². The van der Waals surface area contributed by atoms with Crippen LogP contribution in [0.25, 0.3) is 0 Å². The fraction of sp³-hybridized carbons (Fsp3) is 0.500. The first-order chi connectivity index (χ1) is 9.79. The Kier molecular flexibility index (Phi) is 3.75. The van der Waals surface area contributed by atoms with Crippen LogP contribution in [0.2, 0.25) is 0 Å². The number of aromatic nitrogens is 4. The second-order valence-electron chi connectivity index (χ2n) is 5.21. The Morgan fingerprint density at radius 1 is 1.40 bits per heavy atom. The molecule has 2 aromatic heterocycles. The number of nitrogens with two attached hydrogens (primary N) is 1. The van der Waals surface area contributed by atoms with Gasteiger partial charge in [-0.05, 0) is 18.1 Å². The Labute approximate surface area is 118 Å². The van der Waals surface area contributed by atoms with Crippen molar-refractivity contribution >= 4 is 0 Å². The molecule has 6 nitrogen and oxygen atoms in total. The van der Waals surface area contributed by atoms with Crippen LogP contribution < -0.4 is 5.73 Å². The molecule has 2 N–H and O–H groups in total. The molecule has 6 heteroatoms. The standard InChI is InChI=1S/C14H20N6/c1-2-12(15)14(11-4-3-5-16-8-11)19-6-7-20-10-17-18-13(20)9-19/h3-5,8,10,12,14H,2,6-7,9,15H2,1H3. The molecular weight excluding hydrogens is 252 g/mol. The van der Waals surface area contributed by atoms with Gasteiger partial charge in [0.05, 0.1) is 12.6 Å². The number of hydrogen-bond acceptors (Lipinski definition) is 5. The second kappa shape index (κ2) is 5.68. The smallest absolute Gasteiger partial charge is 0.147 e. The maximum absolute atomic E-state index is 6.36. The van der Waals surface area contributed by atoms with E-state index in [2.05, 4.69) is 37.6 Å². The minimum atomic E-state index is 0.0914. The lowest BCUT2D eigenvalue weighted by Crippen LogP contribution is -2.44. The molecule has 2 aromatic rings. The van der Waals surface area contributed by atoms with Crippen LogP contribution in [0.5, 0.6) is 0 Å². The van der Waals surface area contributed by atoms with Crippen LogP contribution in [-0.4, -0.2) is 37.2 Å². The summed E-state index contributed by atoms with van der Waals surface area (Å²) in [7, 11) is 0. The molecule has 20 heavy (non-hydrogen) atoms. The van der Waals surface area contributed by atoms with Gasteiger partial charge in [-0.2, -0.15) is 0 Å². The molecule has 2 atom stereocenters. The summed E-state index contributed by atoms with van der Waals surface area (Å²) in [5.41, 5.74) is 7.54. The van der Waals surface area contributed by atoms with Crippen LogP contribution in [-0.2, 0) is 13.1 Å². The van der Waals surface area contributed by atoms with Gasteiger partial charge < -0.3 is 10.3 Å². The number of nitrogens with zero attached hydrogens (tertiary/aromatic N) is 5. The summed E-state index contributed by atoms with van der Waals surface area (Å²) in [4.78, 5) is 6.62. The van der Waals surface area contributed by atoms with Crippen molar-refractivity contribution in [1.82, 2.24) is 24.6 Å². The third-order valence-electron chi connectivity index (χ3n) is 3.96. The molecule has 0 spiro atoms. The van der Waals surface area contributed by atoms with Gasteiger partial charge in [0, 0.05) is 31.5 Å². The highest BCUT2D eigenvalue weighted by molar-refractivity contribution is 5.17. The Morgan fingerprint density at radius 2 is 2.30 bits per heavy atom. The number of rotatable bonds is 4. The van der Waals surface area contributed by atoms with Gasteiger partial charge in [-0.1, -0.05) is 13.0 Å². The highest BCUT2D eigenvalue weighted by Gasteiger charge is 2.29. The zero-order valence-corrected chi connectivity index (χ0v) is 11.7. The molecule has 1 aliphatic rings. The first kappa shape index (κ1) is 13.2. The maximum atomic E-state index is 6.36. The molecule has 0 radical (unpaired) electrons. The van der Waals surface area contributed by atoms with Gasteiger partial charge in [0.1, 0.15) is 12.2 Å². The van der Waals surface area contributed by atoms with E-state index >= 15 is 0 Å². The predicted molar refractivity (Wildman–Crippen MR) is 75.7 cm³/mol. The molecule has 0 saturated carbocycles. The van der Waals surface area contributed by atoms with E-state index in [1.165, 1.54) is 5.56 Å². The summed E-state index contributed by atoms with van der Waals surface area (Å²) < 4.78 is 2.11. The van der Waals surface area contributed by atoms with E-state index in [1.54, 1.807) is 12.5 Å². The van der Waals surface area contributed by atoms with Crippen molar-refractivity contribution in [1.29, 1.82) is 0 Å². The van der Waals surface area contributed by atoms with Gasteiger partial charge in [-0.3, -0.25) is 9.88 Å². The summed E-state index contributed by atoms with van der Waals surface area (Å²) in [5, 5.41) is 8.16. The number of pyridine rings is 1. The molecular formula is C14H20N6. The fourth-order valence-electron chi connectivity index (χ4n) is 2.83. The van der Waals surface area contributed by atoms with E-state index in [0.29, 0.717) is 0 Å². The molecule has 1 aliphatic heterocycles. The first-order valence-corrected chi connectivity index (χ1v) is 7.06. The monoisotopic (exact) mass is 272 g/mol.